The van der Waals surface area contributed by atoms with Crippen LogP contribution in [-0.2, 0) is 13.1 Å². The second kappa shape index (κ2) is 6.12. The highest BCUT2D eigenvalue weighted by atomic mass is 79.9. The van der Waals surface area contributed by atoms with Crippen LogP contribution in [0.1, 0.15) is 17.0 Å². The molecule has 0 N–H and O–H groups in total. The molecule has 2 rings (SSSR count). The molecule has 0 bridgehead atoms. The zero-order valence-electron chi connectivity index (χ0n) is 10.7. The average Bonchev–Trinajstić information content (AvgIpc) is 2.28. The SMILES string of the molecule is Cc1cccc(CN(C)Cc2cccc(Br)c2)n1. The molecule has 1 heterocycles. The molecule has 2 nitrogen and oxygen atoms in total. The van der Waals surface area contributed by atoms with Crippen LogP contribution >= 0.6 is 15.9 Å². The molecule has 0 saturated carbocycles. The topological polar surface area (TPSA) is 16.1 Å². The van der Waals surface area contributed by atoms with Gasteiger partial charge in [-0.05, 0) is 43.8 Å². The molecular formula is C15H17BrN2. The lowest BCUT2D eigenvalue weighted by Gasteiger charge is -2.16. The fourth-order valence-corrected chi connectivity index (χ4v) is 2.41. The van der Waals surface area contributed by atoms with Gasteiger partial charge in [-0.2, -0.15) is 0 Å². The first kappa shape index (κ1) is 13.2. The van der Waals surface area contributed by atoms with E-state index in [0.29, 0.717) is 0 Å². The van der Waals surface area contributed by atoms with Crippen LogP contribution in [0.3, 0.4) is 0 Å². The molecule has 0 saturated heterocycles. The number of pyridine rings is 1. The van der Waals surface area contributed by atoms with Crippen LogP contribution in [0.5, 0.6) is 0 Å². The Labute approximate surface area is 117 Å². The fourth-order valence-electron chi connectivity index (χ4n) is 1.97. The lowest BCUT2D eigenvalue weighted by atomic mass is 10.2. The molecule has 18 heavy (non-hydrogen) atoms. The Hall–Kier alpha value is -1.19. The third-order valence-electron chi connectivity index (χ3n) is 2.72. The molecule has 1 aromatic heterocycles. The Morgan fingerprint density at radius 1 is 1.11 bits per heavy atom. The minimum Gasteiger partial charge on any atom is -0.296 e. The van der Waals surface area contributed by atoms with Gasteiger partial charge in [0.1, 0.15) is 0 Å². The van der Waals surface area contributed by atoms with E-state index in [4.69, 9.17) is 0 Å². The van der Waals surface area contributed by atoms with Crippen LogP contribution in [0.25, 0.3) is 0 Å². The van der Waals surface area contributed by atoms with E-state index in [0.717, 1.165) is 29.0 Å². The van der Waals surface area contributed by atoms with Crippen molar-refractivity contribution in [2.75, 3.05) is 7.05 Å². The first-order valence-corrected chi connectivity index (χ1v) is 6.78. The molecular weight excluding hydrogens is 288 g/mol. The van der Waals surface area contributed by atoms with E-state index in [1.165, 1.54) is 5.56 Å². The second-order valence-electron chi connectivity index (χ2n) is 4.57. The van der Waals surface area contributed by atoms with Crippen LogP contribution in [0.4, 0.5) is 0 Å². The monoisotopic (exact) mass is 304 g/mol. The zero-order valence-corrected chi connectivity index (χ0v) is 12.3. The van der Waals surface area contributed by atoms with Gasteiger partial charge in [-0.15, -0.1) is 0 Å². The molecule has 0 spiro atoms. The van der Waals surface area contributed by atoms with Crippen molar-refractivity contribution >= 4 is 15.9 Å². The molecule has 3 heteroatoms. The Bertz CT molecular complexity index is 478. The minimum atomic E-state index is 0.869. The van der Waals surface area contributed by atoms with Crippen molar-refractivity contribution in [3.05, 3.63) is 63.9 Å². The van der Waals surface area contributed by atoms with Gasteiger partial charge in [-0.25, -0.2) is 0 Å². The van der Waals surface area contributed by atoms with Gasteiger partial charge in [0.2, 0.25) is 0 Å². The normalized spacial score (nSPS) is 10.9. The van der Waals surface area contributed by atoms with Crippen molar-refractivity contribution in [3.8, 4) is 0 Å². The highest BCUT2D eigenvalue weighted by Gasteiger charge is 2.03. The molecule has 94 valence electrons. The highest BCUT2D eigenvalue weighted by Crippen LogP contribution is 2.13. The predicted octanol–water partition coefficient (Wildman–Crippen LogP) is 3.78. The molecule has 0 radical (unpaired) electrons. The van der Waals surface area contributed by atoms with Crippen LogP contribution in [0, 0.1) is 6.92 Å². The smallest absolute Gasteiger partial charge is 0.0547 e. The predicted molar refractivity (Wildman–Crippen MR) is 78.3 cm³/mol. The van der Waals surface area contributed by atoms with Gasteiger partial charge in [0.15, 0.2) is 0 Å². The summed E-state index contributed by atoms with van der Waals surface area (Å²) in [6, 6.07) is 14.6. The number of aromatic nitrogens is 1. The largest absolute Gasteiger partial charge is 0.296 e. The van der Waals surface area contributed by atoms with Gasteiger partial charge in [-0.3, -0.25) is 9.88 Å². The molecule has 0 aliphatic heterocycles. The summed E-state index contributed by atoms with van der Waals surface area (Å²) >= 11 is 3.50. The van der Waals surface area contributed by atoms with E-state index in [2.05, 4.69) is 63.2 Å². The Balaban J connectivity index is 1.98. The number of rotatable bonds is 4. The van der Waals surface area contributed by atoms with Crippen LogP contribution in [0.15, 0.2) is 46.9 Å². The van der Waals surface area contributed by atoms with Crippen molar-refractivity contribution in [2.45, 2.75) is 20.0 Å². The van der Waals surface area contributed by atoms with E-state index in [9.17, 15) is 0 Å². The van der Waals surface area contributed by atoms with Gasteiger partial charge in [0.25, 0.3) is 0 Å². The summed E-state index contributed by atoms with van der Waals surface area (Å²) in [5, 5.41) is 0. The van der Waals surface area contributed by atoms with Gasteiger partial charge >= 0.3 is 0 Å². The molecule has 2 aromatic rings. The Morgan fingerprint density at radius 2 is 1.89 bits per heavy atom. The molecule has 0 aliphatic carbocycles. The van der Waals surface area contributed by atoms with Crippen molar-refractivity contribution < 1.29 is 0 Å². The van der Waals surface area contributed by atoms with Gasteiger partial charge in [0, 0.05) is 23.3 Å². The van der Waals surface area contributed by atoms with E-state index in [1.54, 1.807) is 0 Å². The van der Waals surface area contributed by atoms with E-state index in [-0.39, 0.29) is 0 Å². The molecule has 0 fully saturated rings. The van der Waals surface area contributed by atoms with Gasteiger partial charge < -0.3 is 0 Å². The number of benzene rings is 1. The number of hydrogen-bond acceptors (Lipinski definition) is 2. The summed E-state index contributed by atoms with van der Waals surface area (Å²) < 4.78 is 1.13. The van der Waals surface area contributed by atoms with Crippen molar-refractivity contribution in [1.82, 2.24) is 9.88 Å². The van der Waals surface area contributed by atoms with Crippen molar-refractivity contribution in [3.63, 3.8) is 0 Å². The summed E-state index contributed by atoms with van der Waals surface area (Å²) in [6.07, 6.45) is 0. The standard InChI is InChI=1S/C15H17BrN2/c1-12-5-3-8-15(17-12)11-18(2)10-13-6-4-7-14(16)9-13/h3-9H,10-11H2,1-2H3. The third kappa shape index (κ3) is 3.93. The molecule has 0 atom stereocenters. The average molecular weight is 305 g/mol. The van der Waals surface area contributed by atoms with Crippen LogP contribution < -0.4 is 0 Å². The number of halogens is 1. The third-order valence-corrected chi connectivity index (χ3v) is 3.21. The van der Waals surface area contributed by atoms with Gasteiger partial charge in [0.05, 0.1) is 5.69 Å². The Kier molecular flexibility index (Phi) is 4.50. The lowest BCUT2D eigenvalue weighted by molar-refractivity contribution is 0.315. The quantitative estimate of drug-likeness (QED) is 0.854. The highest BCUT2D eigenvalue weighted by molar-refractivity contribution is 9.10. The number of hydrogen-bond donors (Lipinski definition) is 0. The Morgan fingerprint density at radius 3 is 2.61 bits per heavy atom. The minimum absolute atomic E-state index is 0.869. The molecule has 0 aliphatic rings. The van der Waals surface area contributed by atoms with Crippen molar-refractivity contribution in [1.29, 1.82) is 0 Å². The molecule has 1 aromatic carbocycles. The van der Waals surface area contributed by atoms with E-state index >= 15 is 0 Å². The number of aryl methyl sites for hydroxylation is 1. The van der Waals surface area contributed by atoms with Gasteiger partial charge in [-0.1, -0.05) is 34.1 Å². The summed E-state index contributed by atoms with van der Waals surface area (Å²) in [5.74, 6) is 0. The fraction of sp³-hybridized carbons (Fsp3) is 0.267. The molecule has 0 amide bonds. The van der Waals surface area contributed by atoms with Crippen LogP contribution in [0.2, 0.25) is 0 Å². The maximum atomic E-state index is 4.52. The first-order chi connectivity index (χ1) is 8.63. The van der Waals surface area contributed by atoms with E-state index < -0.39 is 0 Å². The maximum absolute atomic E-state index is 4.52. The maximum Gasteiger partial charge on any atom is 0.0547 e. The zero-order chi connectivity index (χ0) is 13.0. The van der Waals surface area contributed by atoms with Crippen LogP contribution in [-0.4, -0.2) is 16.9 Å². The number of nitrogens with zero attached hydrogens (tertiary/aromatic N) is 2. The first-order valence-electron chi connectivity index (χ1n) is 5.99. The summed E-state index contributed by atoms with van der Waals surface area (Å²) in [5.41, 5.74) is 3.50. The second-order valence-corrected chi connectivity index (χ2v) is 5.49. The summed E-state index contributed by atoms with van der Waals surface area (Å²) in [4.78, 5) is 6.79. The lowest BCUT2D eigenvalue weighted by Crippen LogP contribution is -2.18. The van der Waals surface area contributed by atoms with E-state index in [1.807, 2.05) is 19.1 Å². The summed E-state index contributed by atoms with van der Waals surface area (Å²) in [6.45, 7) is 3.82. The molecule has 0 unspecified atom stereocenters. The summed E-state index contributed by atoms with van der Waals surface area (Å²) in [7, 11) is 2.12. The van der Waals surface area contributed by atoms with Crippen molar-refractivity contribution in [2.24, 2.45) is 0 Å².